The molecule has 0 fully saturated rings. The second kappa shape index (κ2) is 7.29. The number of hydrogen-bond acceptors (Lipinski definition) is 5. The molecule has 1 unspecified atom stereocenters. The van der Waals surface area contributed by atoms with E-state index in [0.717, 1.165) is 23.2 Å². The molecule has 1 aliphatic heterocycles. The van der Waals surface area contributed by atoms with Crippen molar-refractivity contribution < 1.29 is 9.18 Å². The van der Waals surface area contributed by atoms with Crippen molar-refractivity contribution in [2.45, 2.75) is 6.04 Å². The fourth-order valence-electron chi connectivity index (χ4n) is 3.06. The number of nitrogens with zero attached hydrogens (tertiary/aromatic N) is 4. The highest BCUT2D eigenvalue weighted by Gasteiger charge is 2.29. The van der Waals surface area contributed by atoms with Crippen molar-refractivity contribution in [3.05, 3.63) is 96.7 Å². The van der Waals surface area contributed by atoms with E-state index < -0.39 is 12.0 Å². The Morgan fingerprint density at radius 1 is 1.00 bits per heavy atom. The van der Waals surface area contributed by atoms with E-state index in [2.05, 4.69) is 15.0 Å². The fraction of sp³-hybridized carbons (Fsp3) is 0.0476. The summed E-state index contributed by atoms with van der Waals surface area (Å²) < 4.78 is 14.4. The van der Waals surface area contributed by atoms with Crippen LogP contribution in [-0.4, -0.2) is 27.3 Å². The Morgan fingerprint density at radius 3 is 2.56 bits per heavy atom. The van der Waals surface area contributed by atoms with E-state index in [1.807, 2.05) is 30.5 Å². The number of halogens is 1. The van der Waals surface area contributed by atoms with Gasteiger partial charge in [0.15, 0.2) is 0 Å². The van der Waals surface area contributed by atoms with Crippen LogP contribution in [0.3, 0.4) is 0 Å². The highest BCUT2D eigenvalue weighted by molar-refractivity contribution is 5.98. The minimum absolute atomic E-state index is 0.282. The van der Waals surface area contributed by atoms with Crippen LogP contribution < -0.4 is 4.90 Å². The number of anilines is 1. The van der Waals surface area contributed by atoms with Crippen molar-refractivity contribution in [2.75, 3.05) is 4.90 Å². The van der Waals surface area contributed by atoms with Gasteiger partial charge in [-0.05, 0) is 48.0 Å². The number of aldehydes is 1. The number of rotatable bonds is 4. The SMILES string of the molecule is O=CC1C(c2cccnc2F)=CC(c2ccccn2)=CN1c1cccnc1. The molecule has 1 atom stereocenters. The van der Waals surface area contributed by atoms with Gasteiger partial charge in [0.25, 0.3) is 0 Å². The molecular formula is C21H15FN4O. The average molecular weight is 358 g/mol. The molecule has 0 bridgehead atoms. The largest absolute Gasteiger partial charge is 0.332 e. The maximum absolute atomic E-state index is 14.4. The molecular weight excluding hydrogens is 343 g/mol. The zero-order valence-electron chi connectivity index (χ0n) is 14.2. The van der Waals surface area contributed by atoms with Crippen LogP contribution in [0.15, 0.2) is 79.5 Å². The molecule has 5 nitrogen and oxygen atoms in total. The quantitative estimate of drug-likeness (QED) is 0.528. The van der Waals surface area contributed by atoms with Gasteiger partial charge in [-0.2, -0.15) is 4.39 Å². The van der Waals surface area contributed by atoms with Crippen LogP contribution in [0.4, 0.5) is 10.1 Å². The van der Waals surface area contributed by atoms with Gasteiger partial charge in [0.2, 0.25) is 5.95 Å². The summed E-state index contributed by atoms with van der Waals surface area (Å²) in [5.41, 5.74) is 3.00. The first-order valence-corrected chi connectivity index (χ1v) is 8.37. The lowest BCUT2D eigenvalue weighted by molar-refractivity contribution is -0.107. The molecule has 4 rings (SSSR count). The summed E-state index contributed by atoms with van der Waals surface area (Å²) in [6.07, 6.45) is 10.8. The van der Waals surface area contributed by atoms with Gasteiger partial charge in [0.05, 0.1) is 17.6 Å². The summed E-state index contributed by atoms with van der Waals surface area (Å²) in [6, 6.07) is 11.8. The van der Waals surface area contributed by atoms with E-state index >= 15 is 0 Å². The number of pyridine rings is 3. The average Bonchev–Trinajstić information content (AvgIpc) is 2.74. The molecule has 0 radical (unpaired) electrons. The molecule has 0 spiro atoms. The van der Waals surface area contributed by atoms with Crippen LogP contribution >= 0.6 is 0 Å². The van der Waals surface area contributed by atoms with Gasteiger partial charge in [-0.1, -0.05) is 6.07 Å². The first-order valence-electron chi connectivity index (χ1n) is 8.37. The highest BCUT2D eigenvalue weighted by atomic mass is 19.1. The third-order valence-electron chi connectivity index (χ3n) is 4.31. The van der Waals surface area contributed by atoms with E-state index in [9.17, 15) is 9.18 Å². The third-order valence-corrected chi connectivity index (χ3v) is 4.31. The second-order valence-electron chi connectivity index (χ2n) is 5.94. The summed E-state index contributed by atoms with van der Waals surface area (Å²) in [6.45, 7) is 0. The van der Waals surface area contributed by atoms with Gasteiger partial charge in [-0.3, -0.25) is 9.97 Å². The number of aromatic nitrogens is 3. The molecule has 6 heteroatoms. The summed E-state index contributed by atoms with van der Waals surface area (Å²) in [5, 5.41) is 0. The zero-order chi connectivity index (χ0) is 18.6. The Bertz CT molecular complexity index is 1020. The minimum Gasteiger partial charge on any atom is -0.332 e. The standard InChI is InChI=1S/C21H15FN4O/c22-21-17(6-4-10-25-21)18-11-15(19-7-1-2-9-24-19)13-26(20(18)14-27)16-5-3-8-23-12-16/h1-14,20H. The van der Waals surface area contributed by atoms with Gasteiger partial charge in [0.1, 0.15) is 12.3 Å². The first kappa shape index (κ1) is 16.8. The molecule has 3 aromatic rings. The normalized spacial score (nSPS) is 16.5. The van der Waals surface area contributed by atoms with E-state index in [1.54, 1.807) is 47.8 Å². The predicted molar refractivity (Wildman–Crippen MR) is 101 cm³/mol. The Morgan fingerprint density at radius 2 is 1.85 bits per heavy atom. The highest BCUT2D eigenvalue weighted by Crippen LogP contribution is 2.34. The van der Waals surface area contributed by atoms with Crippen molar-refractivity contribution in [2.24, 2.45) is 0 Å². The number of carbonyl (C=O) groups is 1. The fourth-order valence-corrected chi connectivity index (χ4v) is 3.06. The van der Waals surface area contributed by atoms with Crippen molar-refractivity contribution in [3.8, 4) is 0 Å². The van der Waals surface area contributed by atoms with Crippen LogP contribution in [0.5, 0.6) is 0 Å². The van der Waals surface area contributed by atoms with Crippen LogP contribution in [0.2, 0.25) is 0 Å². The Hall–Kier alpha value is -3.67. The van der Waals surface area contributed by atoms with Crippen LogP contribution in [0.25, 0.3) is 11.1 Å². The van der Waals surface area contributed by atoms with Crippen molar-refractivity contribution in [3.63, 3.8) is 0 Å². The first-order chi connectivity index (χ1) is 13.3. The number of allylic oxidation sites excluding steroid dienone is 2. The molecule has 0 saturated heterocycles. The van der Waals surface area contributed by atoms with E-state index in [-0.39, 0.29) is 5.56 Å². The molecule has 0 N–H and O–H groups in total. The van der Waals surface area contributed by atoms with E-state index in [0.29, 0.717) is 5.57 Å². The van der Waals surface area contributed by atoms with Crippen LogP contribution in [0, 0.1) is 5.95 Å². The topological polar surface area (TPSA) is 59.0 Å². The molecule has 0 saturated carbocycles. The number of hydrogen-bond donors (Lipinski definition) is 0. The van der Waals surface area contributed by atoms with Crippen molar-refractivity contribution >= 4 is 23.1 Å². The molecule has 4 heterocycles. The summed E-state index contributed by atoms with van der Waals surface area (Å²) in [5.74, 6) is -0.621. The Kier molecular flexibility index (Phi) is 4.53. The van der Waals surface area contributed by atoms with Gasteiger partial charge in [0, 0.05) is 35.9 Å². The summed E-state index contributed by atoms with van der Waals surface area (Å²) in [7, 11) is 0. The van der Waals surface area contributed by atoms with Crippen LogP contribution in [-0.2, 0) is 4.79 Å². The molecule has 0 aromatic carbocycles. The monoisotopic (exact) mass is 358 g/mol. The van der Waals surface area contributed by atoms with Gasteiger partial charge >= 0.3 is 0 Å². The van der Waals surface area contributed by atoms with Crippen molar-refractivity contribution in [1.29, 1.82) is 0 Å². The summed E-state index contributed by atoms with van der Waals surface area (Å²) >= 11 is 0. The van der Waals surface area contributed by atoms with E-state index in [4.69, 9.17) is 0 Å². The Labute approximate surface area is 155 Å². The second-order valence-corrected chi connectivity index (χ2v) is 5.94. The lowest BCUT2D eigenvalue weighted by Gasteiger charge is -2.32. The maximum atomic E-state index is 14.4. The Balaban J connectivity index is 1.91. The van der Waals surface area contributed by atoms with Crippen molar-refractivity contribution in [1.82, 2.24) is 15.0 Å². The van der Waals surface area contributed by atoms with Crippen LogP contribution in [0.1, 0.15) is 11.3 Å². The molecule has 0 amide bonds. The number of carbonyl (C=O) groups excluding carboxylic acids is 1. The summed E-state index contributed by atoms with van der Waals surface area (Å²) in [4.78, 5) is 26.0. The molecule has 132 valence electrons. The van der Waals surface area contributed by atoms with Gasteiger partial charge in [-0.15, -0.1) is 0 Å². The molecule has 27 heavy (non-hydrogen) atoms. The minimum atomic E-state index is -0.708. The lowest BCUT2D eigenvalue weighted by atomic mass is 9.92. The lowest BCUT2D eigenvalue weighted by Crippen LogP contribution is -2.36. The predicted octanol–water partition coefficient (Wildman–Crippen LogP) is 3.52. The maximum Gasteiger partial charge on any atom is 0.220 e. The molecule has 3 aromatic heterocycles. The third kappa shape index (κ3) is 3.25. The van der Waals surface area contributed by atoms with E-state index in [1.165, 1.54) is 6.20 Å². The smallest absolute Gasteiger partial charge is 0.220 e. The van der Waals surface area contributed by atoms with Gasteiger partial charge in [-0.25, -0.2) is 4.98 Å². The molecule has 1 aliphatic rings. The van der Waals surface area contributed by atoms with Gasteiger partial charge < -0.3 is 9.69 Å². The zero-order valence-corrected chi connectivity index (χ0v) is 14.2. The molecule has 0 aliphatic carbocycles.